The van der Waals surface area contributed by atoms with Crippen LogP contribution in [-0.4, -0.2) is 19.2 Å². The molecule has 0 aliphatic heterocycles. The van der Waals surface area contributed by atoms with Gasteiger partial charge in [0.25, 0.3) is 0 Å². The lowest BCUT2D eigenvalue weighted by Crippen LogP contribution is -2.46. The zero-order valence-corrected chi connectivity index (χ0v) is 10.8. The molecule has 4 heteroatoms. The molecule has 0 amide bonds. The van der Waals surface area contributed by atoms with Gasteiger partial charge in [0, 0.05) is 18.6 Å². The van der Waals surface area contributed by atoms with Gasteiger partial charge in [-0.2, -0.15) is 0 Å². The molecule has 0 aromatic heterocycles. The highest BCUT2D eigenvalue weighted by Gasteiger charge is 2.20. The second-order valence-corrected chi connectivity index (χ2v) is 4.90. The summed E-state index contributed by atoms with van der Waals surface area (Å²) in [6, 6.07) is 5.63. The molecule has 0 heterocycles. The molecule has 2 atom stereocenters. The fourth-order valence-electron chi connectivity index (χ4n) is 2.48. The first-order valence-electron chi connectivity index (χ1n) is 6.52. The quantitative estimate of drug-likeness (QED) is 0.863. The summed E-state index contributed by atoms with van der Waals surface area (Å²) in [5, 5.41) is 3.42. The van der Waals surface area contributed by atoms with Gasteiger partial charge in [-0.15, -0.1) is 0 Å². The van der Waals surface area contributed by atoms with Crippen LogP contribution in [0.15, 0.2) is 18.2 Å². The van der Waals surface area contributed by atoms with Crippen molar-refractivity contribution in [1.29, 1.82) is 0 Å². The Bertz CT molecular complexity index is 397. The van der Waals surface area contributed by atoms with Crippen molar-refractivity contribution in [3.05, 3.63) is 29.6 Å². The monoisotopic (exact) mass is 252 g/mol. The van der Waals surface area contributed by atoms with Crippen LogP contribution < -0.4 is 15.8 Å². The Morgan fingerprint density at radius 3 is 2.83 bits per heavy atom. The highest BCUT2D eigenvalue weighted by Crippen LogP contribution is 2.19. The van der Waals surface area contributed by atoms with Crippen LogP contribution in [0.25, 0.3) is 0 Å². The van der Waals surface area contributed by atoms with Gasteiger partial charge in [0.1, 0.15) is 0 Å². The smallest absolute Gasteiger partial charge is 0.165 e. The maximum atomic E-state index is 13.5. The van der Waals surface area contributed by atoms with Crippen molar-refractivity contribution in [3.63, 3.8) is 0 Å². The molecular weight excluding hydrogens is 231 g/mol. The van der Waals surface area contributed by atoms with Crippen LogP contribution in [0.1, 0.15) is 31.2 Å². The number of halogens is 1. The zero-order chi connectivity index (χ0) is 13.0. The molecule has 1 saturated carbocycles. The van der Waals surface area contributed by atoms with Crippen LogP contribution in [0.2, 0.25) is 0 Å². The average molecular weight is 252 g/mol. The van der Waals surface area contributed by atoms with Gasteiger partial charge in [-0.1, -0.05) is 18.9 Å². The SMILES string of the molecule is COc1ccc(CNC2CCCCC2N)cc1F. The molecule has 1 aliphatic carbocycles. The van der Waals surface area contributed by atoms with E-state index < -0.39 is 0 Å². The number of benzene rings is 1. The highest BCUT2D eigenvalue weighted by atomic mass is 19.1. The topological polar surface area (TPSA) is 47.3 Å². The van der Waals surface area contributed by atoms with Gasteiger partial charge in [0.15, 0.2) is 11.6 Å². The Morgan fingerprint density at radius 1 is 1.39 bits per heavy atom. The third kappa shape index (κ3) is 3.21. The fraction of sp³-hybridized carbons (Fsp3) is 0.571. The molecule has 1 aromatic carbocycles. The first-order valence-corrected chi connectivity index (χ1v) is 6.52. The molecule has 2 rings (SSSR count). The van der Waals surface area contributed by atoms with Gasteiger partial charge in [0.2, 0.25) is 0 Å². The zero-order valence-electron chi connectivity index (χ0n) is 10.8. The molecule has 2 unspecified atom stereocenters. The lowest BCUT2D eigenvalue weighted by Gasteiger charge is -2.29. The van der Waals surface area contributed by atoms with E-state index in [0.29, 0.717) is 12.6 Å². The Labute approximate surface area is 108 Å². The molecule has 100 valence electrons. The molecule has 3 N–H and O–H groups in total. The average Bonchev–Trinajstić information content (AvgIpc) is 2.38. The molecule has 1 aromatic rings. The van der Waals surface area contributed by atoms with Gasteiger partial charge in [-0.25, -0.2) is 4.39 Å². The second kappa shape index (κ2) is 6.16. The van der Waals surface area contributed by atoms with Gasteiger partial charge in [0.05, 0.1) is 7.11 Å². The first kappa shape index (κ1) is 13.3. The lowest BCUT2D eigenvalue weighted by molar-refractivity contribution is 0.326. The number of ether oxygens (including phenoxy) is 1. The molecular formula is C14H21FN2O. The predicted octanol–water partition coefficient (Wildman–Crippen LogP) is 2.19. The van der Waals surface area contributed by atoms with Crippen molar-refractivity contribution in [2.45, 2.75) is 44.3 Å². The van der Waals surface area contributed by atoms with E-state index in [1.54, 1.807) is 6.07 Å². The van der Waals surface area contributed by atoms with Crippen molar-refractivity contribution in [3.8, 4) is 5.75 Å². The Hall–Kier alpha value is -1.13. The molecule has 18 heavy (non-hydrogen) atoms. The predicted molar refractivity (Wildman–Crippen MR) is 70.0 cm³/mol. The van der Waals surface area contributed by atoms with E-state index >= 15 is 0 Å². The van der Waals surface area contributed by atoms with E-state index in [1.165, 1.54) is 26.0 Å². The third-order valence-electron chi connectivity index (χ3n) is 3.60. The van der Waals surface area contributed by atoms with Crippen molar-refractivity contribution in [2.24, 2.45) is 5.73 Å². The number of hydrogen-bond acceptors (Lipinski definition) is 3. The third-order valence-corrected chi connectivity index (χ3v) is 3.60. The Morgan fingerprint density at radius 2 is 2.17 bits per heavy atom. The Kier molecular flexibility index (Phi) is 4.55. The van der Waals surface area contributed by atoms with Crippen LogP contribution in [0.3, 0.4) is 0 Å². The summed E-state index contributed by atoms with van der Waals surface area (Å²) in [5.74, 6) is -0.0298. The summed E-state index contributed by atoms with van der Waals surface area (Å²) >= 11 is 0. The largest absolute Gasteiger partial charge is 0.494 e. The van der Waals surface area contributed by atoms with Gasteiger partial charge in [-0.3, -0.25) is 0 Å². The summed E-state index contributed by atoms with van der Waals surface area (Å²) in [6.07, 6.45) is 4.63. The summed E-state index contributed by atoms with van der Waals surface area (Å²) < 4.78 is 18.4. The normalized spacial score (nSPS) is 23.9. The second-order valence-electron chi connectivity index (χ2n) is 4.90. The van der Waals surface area contributed by atoms with Gasteiger partial charge < -0.3 is 15.8 Å². The van der Waals surface area contributed by atoms with Crippen molar-refractivity contribution in [1.82, 2.24) is 5.32 Å². The van der Waals surface area contributed by atoms with E-state index in [-0.39, 0.29) is 17.6 Å². The Balaban J connectivity index is 1.91. The van der Waals surface area contributed by atoms with E-state index in [0.717, 1.165) is 18.4 Å². The van der Waals surface area contributed by atoms with E-state index in [2.05, 4.69) is 5.32 Å². The number of nitrogens with two attached hydrogens (primary N) is 1. The standard InChI is InChI=1S/C14H21FN2O/c1-18-14-7-6-10(8-11(14)15)9-17-13-5-3-2-4-12(13)16/h6-8,12-13,17H,2-5,9,16H2,1H3. The molecule has 0 spiro atoms. The van der Waals surface area contributed by atoms with Crippen molar-refractivity contribution in [2.75, 3.05) is 7.11 Å². The fourth-order valence-corrected chi connectivity index (χ4v) is 2.48. The minimum atomic E-state index is -0.315. The van der Waals surface area contributed by atoms with Gasteiger partial charge >= 0.3 is 0 Å². The van der Waals surface area contributed by atoms with Crippen LogP contribution in [0.5, 0.6) is 5.75 Å². The van der Waals surface area contributed by atoms with Crippen LogP contribution in [-0.2, 0) is 6.54 Å². The first-order chi connectivity index (χ1) is 8.70. The molecule has 3 nitrogen and oxygen atoms in total. The maximum Gasteiger partial charge on any atom is 0.165 e. The number of hydrogen-bond donors (Lipinski definition) is 2. The van der Waals surface area contributed by atoms with E-state index in [1.807, 2.05) is 6.07 Å². The van der Waals surface area contributed by atoms with Crippen LogP contribution in [0.4, 0.5) is 4.39 Å². The van der Waals surface area contributed by atoms with E-state index in [9.17, 15) is 4.39 Å². The minimum Gasteiger partial charge on any atom is -0.494 e. The maximum absolute atomic E-state index is 13.5. The molecule has 0 radical (unpaired) electrons. The summed E-state index contributed by atoms with van der Waals surface area (Å²) in [6.45, 7) is 0.652. The number of rotatable bonds is 4. The minimum absolute atomic E-state index is 0.224. The van der Waals surface area contributed by atoms with Crippen LogP contribution >= 0.6 is 0 Å². The molecule has 1 fully saturated rings. The highest BCUT2D eigenvalue weighted by molar-refractivity contribution is 5.29. The lowest BCUT2D eigenvalue weighted by atomic mass is 9.91. The van der Waals surface area contributed by atoms with Crippen molar-refractivity contribution >= 4 is 0 Å². The summed E-state index contributed by atoms with van der Waals surface area (Å²) in [5.41, 5.74) is 6.98. The van der Waals surface area contributed by atoms with Crippen molar-refractivity contribution < 1.29 is 9.13 Å². The number of nitrogens with one attached hydrogen (secondary N) is 1. The molecule has 1 aliphatic rings. The molecule has 0 saturated heterocycles. The summed E-state index contributed by atoms with van der Waals surface area (Å²) in [7, 11) is 1.47. The van der Waals surface area contributed by atoms with Gasteiger partial charge in [-0.05, 0) is 30.5 Å². The van der Waals surface area contributed by atoms with Crippen LogP contribution in [0, 0.1) is 5.82 Å². The molecule has 0 bridgehead atoms. The summed E-state index contributed by atoms with van der Waals surface area (Å²) in [4.78, 5) is 0. The number of methoxy groups -OCH3 is 1. The van der Waals surface area contributed by atoms with E-state index in [4.69, 9.17) is 10.5 Å².